The summed E-state index contributed by atoms with van der Waals surface area (Å²) in [5.41, 5.74) is 0. The number of carbonyl (C=O) groups excluding carboxylic acids is 1. The van der Waals surface area contributed by atoms with Gasteiger partial charge in [0.1, 0.15) is 0 Å². The Hall–Kier alpha value is -0.870. The maximum atomic E-state index is 11.2. The molecule has 0 atom stereocenters. The van der Waals surface area contributed by atoms with Crippen molar-refractivity contribution < 1.29 is 4.79 Å². The normalized spacial score (nSPS) is 10.6. The zero-order chi connectivity index (χ0) is 11.1. The van der Waals surface area contributed by atoms with Crippen LogP contribution in [0, 0.1) is 5.92 Å². The van der Waals surface area contributed by atoms with E-state index in [1.807, 2.05) is 19.9 Å². The minimum atomic E-state index is 0.0716. The summed E-state index contributed by atoms with van der Waals surface area (Å²) < 4.78 is 0. The molecule has 15 heavy (non-hydrogen) atoms. The van der Waals surface area contributed by atoms with Crippen LogP contribution in [0.15, 0.2) is 17.5 Å². The van der Waals surface area contributed by atoms with E-state index in [1.54, 1.807) is 11.3 Å². The first-order chi connectivity index (χ1) is 7.20. The van der Waals surface area contributed by atoms with Crippen molar-refractivity contribution in [2.75, 3.05) is 13.1 Å². The van der Waals surface area contributed by atoms with Crippen molar-refractivity contribution in [2.24, 2.45) is 5.92 Å². The predicted molar refractivity (Wildman–Crippen MR) is 63.9 cm³/mol. The van der Waals surface area contributed by atoms with Gasteiger partial charge >= 0.3 is 0 Å². The van der Waals surface area contributed by atoms with Crippen LogP contribution in [0.1, 0.15) is 18.7 Å². The maximum Gasteiger partial charge on any atom is 0.222 e. The van der Waals surface area contributed by atoms with Crippen molar-refractivity contribution in [3.05, 3.63) is 22.4 Å². The SMILES string of the molecule is CC(C)C(=O)NCCNCc1cccs1. The van der Waals surface area contributed by atoms with Gasteiger partial charge in [0.05, 0.1) is 0 Å². The zero-order valence-corrected chi connectivity index (χ0v) is 10.1. The molecule has 0 unspecified atom stereocenters. The Labute approximate surface area is 94.9 Å². The Morgan fingerprint density at radius 3 is 2.87 bits per heavy atom. The van der Waals surface area contributed by atoms with Gasteiger partial charge in [-0.25, -0.2) is 0 Å². The highest BCUT2D eigenvalue weighted by Crippen LogP contribution is 2.06. The second kappa shape index (κ2) is 6.58. The molecule has 0 aliphatic carbocycles. The van der Waals surface area contributed by atoms with Crippen molar-refractivity contribution in [3.63, 3.8) is 0 Å². The quantitative estimate of drug-likeness (QED) is 0.724. The number of rotatable bonds is 6. The monoisotopic (exact) mass is 226 g/mol. The highest BCUT2D eigenvalue weighted by atomic mass is 32.1. The highest BCUT2D eigenvalue weighted by Gasteiger charge is 2.04. The molecular formula is C11H18N2OS. The molecule has 0 fully saturated rings. The summed E-state index contributed by atoms with van der Waals surface area (Å²) in [5, 5.41) is 8.21. The average molecular weight is 226 g/mol. The lowest BCUT2D eigenvalue weighted by Crippen LogP contribution is -2.33. The van der Waals surface area contributed by atoms with Crippen LogP contribution in [0.2, 0.25) is 0 Å². The topological polar surface area (TPSA) is 41.1 Å². The van der Waals surface area contributed by atoms with Gasteiger partial charge in [-0.05, 0) is 11.4 Å². The van der Waals surface area contributed by atoms with Crippen LogP contribution >= 0.6 is 11.3 Å². The Morgan fingerprint density at radius 1 is 1.47 bits per heavy atom. The largest absolute Gasteiger partial charge is 0.355 e. The molecule has 0 spiro atoms. The number of nitrogens with one attached hydrogen (secondary N) is 2. The first kappa shape index (κ1) is 12.2. The van der Waals surface area contributed by atoms with Crippen molar-refractivity contribution in [1.82, 2.24) is 10.6 Å². The molecule has 1 aromatic heterocycles. The Bertz CT molecular complexity index is 283. The van der Waals surface area contributed by atoms with Crippen LogP contribution in [0.25, 0.3) is 0 Å². The van der Waals surface area contributed by atoms with Gasteiger partial charge in [0, 0.05) is 30.4 Å². The molecule has 1 heterocycles. The first-order valence-corrected chi connectivity index (χ1v) is 6.09. The third-order valence-corrected chi connectivity index (χ3v) is 2.88. The van der Waals surface area contributed by atoms with Gasteiger partial charge in [-0.15, -0.1) is 11.3 Å². The Balaban J connectivity index is 2.00. The van der Waals surface area contributed by atoms with E-state index in [1.165, 1.54) is 4.88 Å². The van der Waals surface area contributed by atoms with Crippen molar-refractivity contribution >= 4 is 17.2 Å². The zero-order valence-electron chi connectivity index (χ0n) is 9.25. The molecule has 2 N–H and O–H groups in total. The molecule has 1 amide bonds. The summed E-state index contributed by atoms with van der Waals surface area (Å²) in [5.74, 6) is 0.190. The molecule has 0 bridgehead atoms. The fourth-order valence-corrected chi connectivity index (χ4v) is 1.78. The van der Waals surface area contributed by atoms with Gasteiger partial charge in [-0.1, -0.05) is 19.9 Å². The summed E-state index contributed by atoms with van der Waals surface area (Å²) >= 11 is 1.74. The van der Waals surface area contributed by atoms with Gasteiger partial charge in [-0.2, -0.15) is 0 Å². The summed E-state index contributed by atoms with van der Waals surface area (Å²) in [6, 6.07) is 4.15. The smallest absolute Gasteiger partial charge is 0.222 e. The van der Waals surface area contributed by atoms with Crippen LogP contribution in [0.3, 0.4) is 0 Å². The second-order valence-corrected chi connectivity index (χ2v) is 4.73. The lowest BCUT2D eigenvalue weighted by Gasteiger charge is -2.07. The molecule has 0 aliphatic rings. The van der Waals surface area contributed by atoms with E-state index >= 15 is 0 Å². The minimum absolute atomic E-state index is 0.0716. The van der Waals surface area contributed by atoms with Crippen LogP contribution in [-0.2, 0) is 11.3 Å². The molecule has 3 nitrogen and oxygen atoms in total. The van der Waals surface area contributed by atoms with E-state index in [9.17, 15) is 4.79 Å². The second-order valence-electron chi connectivity index (χ2n) is 3.70. The van der Waals surface area contributed by atoms with E-state index in [0.717, 1.165) is 13.1 Å². The van der Waals surface area contributed by atoms with Crippen LogP contribution in [0.4, 0.5) is 0 Å². The molecule has 84 valence electrons. The minimum Gasteiger partial charge on any atom is -0.355 e. The average Bonchev–Trinajstić information content (AvgIpc) is 2.69. The molecule has 4 heteroatoms. The number of thiophene rings is 1. The van der Waals surface area contributed by atoms with Crippen LogP contribution in [-0.4, -0.2) is 19.0 Å². The molecule has 1 aromatic rings. The predicted octanol–water partition coefficient (Wildman–Crippen LogP) is 1.61. The van der Waals surface area contributed by atoms with Gasteiger partial charge in [0.2, 0.25) is 5.91 Å². The highest BCUT2D eigenvalue weighted by molar-refractivity contribution is 7.09. The number of amides is 1. The summed E-state index contributed by atoms with van der Waals surface area (Å²) in [4.78, 5) is 12.5. The molecule has 0 saturated carbocycles. The van der Waals surface area contributed by atoms with Crippen LogP contribution in [0.5, 0.6) is 0 Å². The third kappa shape index (κ3) is 4.95. The first-order valence-electron chi connectivity index (χ1n) is 5.21. The van der Waals surface area contributed by atoms with Gasteiger partial charge in [0.25, 0.3) is 0 Å². The number of hydrogen-bond acceptors (Lipinski definition) is 3. The lowest BCUT2D eigenvalue weighted by molar-refractivity contribution is -0.123. The Morgan fingerprint density at radius 2 is 2.27 bits per heavy atom. The van der Waals surface area contributed by atoms with Crippen molar-refractivity contribution in [3.8, 4) is 0 Å². The fourth-order valence-electron chi connectivity index (χ4n) is 1.10. The summed E-state index contributed by atoms with van der Waals surface area (Å²) in [7, 11) is 0. The molecule has 0 radical (unpaired) electrons. The standard InChI is InChI=1S/C11H18N2OS/c1-9(2)11(14)13-6-5-12-8-10-4-3-7-15-10/h3-4,7,9,12H,5-6,8H2,1-2H3,(H,13,14). The van der Waals surface area contributed by atoms with E-state index in [4.69, 9.17) is 0 Å². The Kier molecular flexibility index (Phi) is 5.36. The molecule has 1 rings (SSSR count). The molecule has 0 saturated heterocycles. The van der Waals surface area contributed by atoms with E-state index < -0.39 is 0 Å². The third-order valence-electron chi connectivity index (χ3n) is 2.00. The lowest BCUT2D eigenvalue weighted by atomic mass is 10.2. The van der Waals surface area contributed by atoms with Gasteiger partial charge in [-0.3, -0.25) is 4.79 Å². The number of hydrogen-bond donors (Lipinski definition) is 2. The summed E-state index contributed by atoms with van der Waals surface area (Å²) in [6.45, 7) is 6.19. The van der Waals surface area contributed by atoms with Crippen molar-refractivity contribution in [2.45, 2.75) is 20.4 Å². The van der Waals surface area contributed by atoms with Gasteiger partial charge in [0.15, 0.2) is 0 Å². The van der Waals surface area contributed by atoms with Gasteiger partial charge < -0.3 is 10.6 Å². The maximum absolute atomic E-state index is 11.2. The fraction of sp³-hybridized carbons (Fsp3) is 0.545. The van der Waals surface area contributed by atoms with Crippen molar-refractivity contribution in [1.29, 1.82) is 0 Å². The molecule has 0 aliphatic heterocycles. The summed E-state index contributed by atoms with van der Waals surface area (Å²) in [6.07, 6.45) is 0. The van der Waals surface area contributed by atoms with E-state index in [2.05, 4.69) is 22.1 Å². The molecular weight excluding hydrogens is 208 g/mol. The van der Waals surface area contributed by atoms with E-state index in [-0.39, 0.29) is 11.8 Å². The number of carbonyl (C=O) groups is 1. The van der Waals surface area contributed by atoms with Crippen LogP contribution < -0.4 is 10.6 Å². The van der Waals surface area contributed by atoms with E-state index in [0.29, 0.717) is 6.54 Å². The molecule has 0 aromatic carbocycles.